The lowest BCUT2D eigenvalue weighted by Crippen LogP contribution is -2.63. The van der Waals surface area contributed by atoms with Gasteiger partial charge in [0, 0.05) is 40.5 Å². The first kappa shape index (κ1) is 18.6. The van der Waals surface area contributed by atoms with Crippen LogP contribution in [0.2, 0.25) is 0 Å². The van der Waals surface area contributed by atoms with E-state index in [-0.39, 0.29) is 11.3 Å². The summed E-state index contributed by atoms with van der Waals surface area (Å²) >= 11 is 0. The molecular formula is C24H25N5O. The Balaban J connectivity index is 1.48. The summed E-state index contributed by atoms with van der Waals surface area (Å²) in [6.07, 6.45) is 7.43. The van der Waals surface area contributed by atoms with Crippen LogP contribution in [0.5, 0.6) is 0 Å². The van der Waals surface area contributed by atoms with Gasteiger partial charge in [0.25, 0.3) is 0 Å². The van der Waals surface area contributed by atoms with Gasteiger partial charge in [-0.15, -0.1) is 0 Å². The molecule has 1 amide bonds. The minimum Gasteiger partial charge on any atom is -0.338 e. The molecule has 2 aromatic heterocycles. The Bertz CT molecular complexity index is 1220. The highest BCUT2D eigenvalue weighted by Crippen LogP contribution is 2.54. The van der Waals surface area contributed by atoms with E-state index in [0.717, 1.165) is 59.0 Å². The van der Waals surface area contributed by atoms with Crippen LogP contribution in [0.3, 0.4) is 0 Å². The number of rotatable bonds is 4. The van der Waals surface area contributed by atoms with Gasteiger partial charge in [-0.2, -0.15) is 10.2 Å². The van der Waals surface area contributed by atoms with E-state index in [0.29, 0.717) is 6.04 Å². The van der Waals surface area contributed by atoms with Gasteiger partial charge in [-0.3, -0.25) is 14.6 Å². The molecule has 1 aliphatic carbocycles. The summed E-state index contributed by atoms with van der Waals surface area (Å²) in [5, 5.41) is 13.8. The van der Waals surface area contributed by atoms with E-state index in [1.807, 2.05) is 23.1 Å². The molecule has 1 aromatic carbocycles. The summed E-state index contributed by atoms with van der Waals surface area (Å²) in [7, 11) is 0. The summed E-state index contributed by atoms with van der Waals surface area (Å²) in [6.45, 7) is 11.4. The molecule has 0 bridgehead atoms. The van der Waals surface area contributed by atoms with Crippen molar-refractivity contribution in [3.05, 3.63) is 71.0 Å². The third kappa shape index (κ3) is 2.91. The zero-order valence-corrected chi connectivity index (χ0v) is 17.1. The largest absolute Gasteiger partial charge is 0.338 e. The molecule has 1 aliphatic heterocycles. The second kappa shape index (κ2) is 6.83. The van der Waals surface area contributed by atoms with Gasteiger partial charge in [-0.1, -0.05) is 43.5 Å². The molecule has 0 atom stereocenters. The standard InChI is InChI=1S/C24H25N5O/c1-4-22(30)28-14-24(15-28)11-20(12-24)29-17(3)21(10-19-13-25-26-16(19)2)23(27-29)18-8-6-5-7-9-18/h4-10,13,20,26H,1-2,11-12,14-15H2,3H3/b19-10+. The zero-order valence-electron chi connectivity index (χ0n) is 17.1. The monoisotopic (exact) mass is 399 g/mol. The van der Waals surface area contributed by atoms with Crippen molar-refractivity contribution in [2.24, 2.45) is 5.41 Å². The Hall–Kier alpha value is -3.41. The molecule has 1 spiro atoms. The minimum atomic E-state index is 0.0340. The van der Waals surface area contributed by atoms with Crippen molar-refractivity contribution < 1.29 is 4.79 Å². The third-order valence-corrected chi connectivity index (χ3v) is 6.52. The summed E-state index contributed by atoms with van der Waals surface area (Å²) < 4.78 is 2.18. The van der Waals surface area contributed by atoms with Gasteiger partial charge in [0.2, 0.25) is 5.91 Å². The van der Waals surface area contributed by atoms with E-state index in [2.05, 4.69) is 53.2 Å². The predicted molar refractivity (Wildman–Crippen MR) is 117 cm³/mol. The average molecular weight is 399 g/mol. The highest BCUT2D eigenvalue weighted by Gasteiger charge is 2.54. The maximum atomic E-state index is 11.8. The Labute approximate surface area is 175 Å². The highest BCUT2D eigenvalue weighted by atomic mass is 16.2. The lowest BCUT2D eigenvalue weighted by molar-refractivity contribution is -0.149. The minimum absolute atomic E-state index is 0.0340. The summed E-state index contributed by atoms with van der Waals surface area (Å²) in [5.74, 6) is 0.0340. The number of nitrogens with zero attached hydrogens (tertiary/aromatic N) is 4. The van der Waals surface area contributed by atoms with Crippen LogP contribution in [-0.4, -0.2) is 43.9 Å². The van der Waals surface area contributed by atoms with E-state index in [1.54, 1.807) is 6.20 Å². The quantitative estimate of drug-likeness (QED) is 0.684. The molecule has 5 rings (SSSR count). The first-order chi connectivity index (χ1) is 14.5. The second-order valence-corrected chi connectivity index (χ2v) is 8.57. The lowest BCUT2D eigenvalue weighted by Gasteiger charge is -2.58. The van der Waals surface area contributed by atoms with Crippen molar-refractivity contribution in [3.8, 4) is 11.3 Å². The van der Waals surface area contributed by atoms with Gasteiger partial charge >= 0.3 is 0 Å². The zero-order chi connectivity index (χ0) is 20.9. The van der Waals surface area contributed by atoms with E-state index in [4.69, 9.17) is 5.10 Å². The SMILES string of the molecule is C=CC(=O)N1CC2(CC(n3nc(-c4ccccc4)c(/C=c4\cn[nH]c4=C)c3C)C2)C1. The van der Waals surface area contributed by atoms with E-state index < -0.39 is 0 Å². The highest BCUT2D eigenvalue weighted by molar-refractivity contribution is 5.87. The van der Waals surface area contributed by atoms with Crippen LogP contribution in [0.1, 0.15) is 30.1 Å². The lowest BCUT2D eigenvalue weighted by atomic mass is 9.60. The van der Waals surface area contributed by atoms with Crippen LogP contribution in [-0.2, 0) is 4.79 Å². The number of H-pyrrole nitrogens is 1. The van der Waals surface area contributed by atoms with E-state index in [1.165, 1.54) is 6.08 Å². The van der Waals surface area contributed by atoms with E-state index in [9.17, 15) is 4.79 Å². The Morgan fingerprint density at radius 2 is 2.00 bits per heavy atom. The molecule has 0 unspecified atom stereocenters. The van der Waals surface area contributed by atoms with Crippen molar-refractivity contribution >= 4 is 18.6 Å². The average Bonchev–Trinajstić information content (AvgIpc) is 3.24. The molecule has 30 heavy (non-hydrogen) atoms. The van der Waals surface area contributed by atoms with Crippen LogP contribution in [0.4, 0.5) is 0 Å². The van der Waals surface area contributed by atoms with Crippen LogP contribution >= 0.6 is 0 Å². The summed E-state index contributed by atoms with van der Waals surface area (Å²) in [5.41, 5.74) is 4.58. The van der Waals surface area contributed by atoms with Crippen LogP contribution in [0.25, 0.3) is 23.9 Å². The molecular weight excluding hydrogens is 374 g/mol. The first-order valence-electron chi connectivity index (χ1n) is 10.3. The number of amides is 1. The van der Waals surface area contributed by atoms with Gasteiger partial charge in [0.05, 0.1) is 23.3 Å². The van der Waals surface area contributed by atoms with Gasteiger partial charge in [-0.25, -0.2) is 0 Å². The molecule has 1 N–H and O–H groups in total. The fourth-order valence-electron chi connectivity index (χ4n) is 4.89. The molecule has 2 fully saturated rings. The second-order valence-electron chi connectivity index (χ2n) is 8.57. The molecule has 6 nitrogen and oxygen atoms in total. The number of carbonyl (C=O) groups excluding carboxylic acids is 1. The summed E-state index contributed by atoms with van der Waals surface area (Å²) in [6, 6.07) is 10.6. The molecule has 3 aromatic rings. The van der Waals surface area contributed by atoms with Crippen LogP contribution < -0.4 is 10.6 Å². The number of nitrogens with one attached hydrogen (secondary N) is 1. The Morgan fingerprint density at radius 3 is 2.63 bits per heavy atom. The predicted octanol–water partition coefficient (Wildman–Crippen LogP) is 2.17. The summed E-state index contributed by atoms with van der Waals surface area (Å²) in [4.78, 5) is 13.7. The Kier molecular flexibility index (Phi) is 4.24. The number of likely N-dealkylation sites (tertiary alicyclic amines) is 1. The fraction of sp³-hybridized carbons (Fsp3) is 0.292. The normalized spacial score (nSPS) is 18.3. The molecule has 2 aliphatic rings. The molecule has 1 saturated heterocycles. The molecule has 152 valence electrons. The van der Waals surface area contributed by atoms with Crippen molar-refractivity contribution in [2.75, 3.05) is 13.1 Å². The van der Waals surface area contributed by atoms with Crippen molar-refractivity contribution in [1.29, 1.82) is 0 Å². The van der Waals surface area contributed by atoms with E-state index >= 15 is 0 Å². The maximum Gasteiger partial charge on any atom is 0.245 e. The number of aromatic nitrogens is 4. The van der Waals surface area contributed by atoms with Crippen molar-refractivity contribution in [2.45, 2.75) is 25.8 Å². The smallest absolute Gasteiger partial charge is 0.245 e. The van der Waals surface area contributed by atoms with Crippen molar-refractivity contribution in [3.63, 3.8) is 0 Å². The maximum absolute atomic E-state index is 11.8. The van der Waals surface area contributed by atoms with Gasteiger partial charge < -0.3 is 4.90 Å². The molecule has 6 heteroatoms. The van der Waals surface area contributed by atoms with Crippen molar-refractivity contribution in [1.82, 2.24) is 24.9 Å². The fourth-order valence-corrected chi connectivity index (χ4v) is 4.89. The van der Waals surface area contributed by atoms with Crippen LogP contribution in [0.15, 0.2) is 49.2 Å². The molecule has 1 saturated carbocycles. The van der Waals surface area contributed by atoms with Gasteiger partial charge in [0.1, 0.15) is 0 Å². The number of carbonyl (C=O) groups is 1. The third-order valence-electron chi connectivity index (χ3n) is 6.52. The first-order valence-corrected chi connectivity index (χ1v) is 10.3. The molecule has 3 heterocycles. The number of hydrogen-bond acceptors (Lipinski definition) is 3. The number of hydrogen-bond donors (Lipinski definition) is 1. The molecule has 0 radical (unpaired) electrons. The van der Waals surface area contributed by atoms with Gasteiger partial charge in [0.15, 0.2) is 0 Å². The number of benzene rings is 1. The van der Waals surface area contributed by atoms with Gasteiger partial charge in [-0.05, 0) is 31.9 Å². The number of aromatic amines is 1. The topological polar surface area (TPSA) is 66.8 Å². The van der Waals surface area contributed by atoms with Crippen LogP contribution in [0, 0.1) is 12.3 Å². The Morgan fingerprint density at radius 1 is 1.27 bits per heavy atom.